The van der Waals surface area contributed by atoms with Crippen molar-refractivity contribution in [2.24, 2.45) is 10.9 Å². The molecule has 26 heavy (non-hydrogen) atoms. The molecule has 1 aliphatic heterocycles. The Bertz CT molecular complexity index is 669. The normalized spacial score (nSPS) is 16.8. The Morgan fingerprint density at radius 3 is 2.35 bits per heavy atom. The number of benzene rings is 1. The van der Waals surface area contributed by atoms with E-state index in [4.69, 9.17) is 0 Å². The van der Waals surface area contributed by atoms with Crippen molar-refractivity contribution >= 4 is 39.8 Å². The molecule has 0 bridgehead atoms. The van der Waals surface area contributed by atoms with Crippen LogP contribution >= 0.6 is 24.0 Å². The molecule has 1 aromatic carbocycles. The van der Waals surface area contributed by atoms with Crippen molar-refractivity contribution in [2.45, 2.75) is 24.2 Å². The van der Waals surface area contributed by atoms with Crippen LogP contribution in [-0.2, 0) is 16.3 Å². The highest BCUT2D eigenvalue weighted by Gasteiger charge is 2.16. The second-order valence-corrected chi connectivity index (χ2v) is 8.81. The molecule has 0 spiro atoms. The van der Waals surface area contributed by atoms with E-state index in [0.717, 1.165) is 31.0 Å². The third-order valence-electron chi connectivity index (χ3n) is 4.68. The van der Waals surface area contributed by atoms with E-state index >= 15 is 0 Å². The van der Waals surface area contributed by atoms with Gasteiger partial charge in [-0.3, -0.25) is 4.99 Å². The Morgan fingerprint density at radius 1 is 1.19 bits per heavy atom. The van der Waals surface area contributed by atoms with E-state index in [9.17, 15) is 8.42 Å². The quantitative estimate of drug-likeness (QED) is 0.358. The fraction of sp³-hybridized carbons (Fsp3) is 0.611. The van der Waals surface area contributed by atoms with Crippen molar-refractivity contribution in [3.05, 3.63) is 29.8 Å². The maximum Gasteiger partial charge on any atom is 0.190 e. The van der Waals surface area contributed by atoms with Crippen LogP contribution in [0.15, 0.2) is 34.2 Å². The molecular weight excluding hydrogens is 463 g/mol. The van der Waals surface area contributed by atoms with Crippen LogP contribution in [0.25, 0.3) is 0 Å². The van der Waals surface area contributed by atoms with Crippen LogP contribution in [0.4, 0.5) is 0 Å². The van der Waals surface area contributed by atoms with Gasteiger partial charge in [0, 0.05) is 26.4 Å². The monoisotopic (exact) mass is 494 g/mol. The summed E-state index contributed by atoms with van der Waals surface area (Å²) in [5.41, 5.74) is 1.10. The maximum atomic E-state index is 11.5. The molecule has 0 aromatic heterocycles. The van der Waals surface area contributed by atoms with Gasteiger partial charge >= 0.3 is 0 Å². The zero-order valence-electron chi connectivity index (χ0n) is 15.9. The zero-order valence-corrected chi connectivity index (χ0v) is 19.0. The number of piperidine rings is 1. The molecule has 1 aromatic rings. The van der Waals surface area contributed by atoms with Gasteiger partial charge in [-0.25, -0.2) is 8.42 Å². The summed E-state index contributed by atoms with van der Waals surface area (Å²) < 4.78 is 22.9. The number of sulfone groups is 1. The predicted octanol–water partition coefficient (Wildman–Crippen LogP) is 1.76. The lowest BCUT2D eigenvalue weighted by molar-refractivity contribution is 0.220. The second kappa shape index (κ2) is 11.1. The molecule has 0 atom stereocenters. The summed E-state index contributed by atoms with van der Waals surface area (Å²) in [6.45, 7) is 4.05. The van der Waals surface area contributed by atoms with E-state index in [1.165, 1.54) is 32.2 Å². The maximum absolute atomic E-state index is 11.5. The third kappa shape index (κ3) is 7.79. The van der Waals surface area contributed by atoms with Crippen LogP contribution in [-0.4, -0.2) is 65.8 Å². The number of hydrogen-bond acceptors (Lipinski definition) is 4. The Kier molecular flexibility index (Phi) is 9.88. The minimum atomic E-state index is -3.13. The number of halogens is 1. The van der Waals surface area contributed by atoms with E-state index < -0.39 is 9.84 Å². The first-order valence-corrected chi connectivity index (χ1v) is 10.7. The number of likely N-dealkylation sites (tertiary alicyclic amines) is 1. The van der Waals surface area contributed by atoms with Gasteiger partial charge in [-0.15, -0.1) is 24.0 Å². The Labute approximate surface area is 174 Å². The first-order valence-electron chi connectivity index (χ1n) is 8.80. The summed E-state index contributed by atoms with van der Waals surface area (Å²) in [4.78, 5) is 7.00. The van der Waals surface area contributed by atoms with E-state index in [2.05, 4.69) is 27.6 Å². The zero-order chi connectivity index (χ0) is 18.3. The highest BCUT2D eigenvalue weighted by Crippen LogP contribution is 2.14. The molecule has 2 N–H and O–H groups in total. The van der Waals surface area contributed by atoms with Gasteiger partial charge in [-0.2, -0.15) is 0 Å². The summed E-state index contributed by atoms with van der Waals surface area (Å²) in [5.74, 6) is 1.53. The Hall–Kier alpha value is -0.870. The fourth-order valence-corrected chi connectivity index (χ4v) is 3.59. The second-order valence-electron chi connectivity index (χ2n) is 6.79. The smallest absolute Gasteiger partial charge is 0.190 e. The summed E-state index contributed by atoms with van der Waals surface area (Å²) in [7, 11) is 0.829. The summed E-state index contributed by atoms with van der Waals surface area (Å²) in [5, 5.41) is 6.73. The van der Waals surface area contributed by atoms with Gasteiger partial charge in [0.05, 0.1) is 4.90 Å². The molecule has 0 radical (unpaired) electrons. The average Bonchev–Trinajstić information content (AvgIpc) is 2.59. The summed E-state index contributed by atoms with van der Waals surface area (Å²) in [6.07, 6.45) is 4.50. The SMILES string of the molecule is CN=C(NCCc1ccc(S(C)(=O)=O)cc1)NCC1CCN(C)CC1.I. The number of aliphatic imine (C=N–C) groups is 1. The molecule has 6 nitrogen and oxygen atoms in total. The molecule has 0 unspecified atom stereocenters. The standard InChI is InChI=1S/C18H30N4O2S.HI/c1-19-18(21-14-16-9-12-22(2)13-10-16)20-11-8-15-4-6-17(7-5-15)25(3,23)24;/h4-7,16H,8-14H2,1-3H3,(H2,19,20,21);1H. The molecule has 1 saturated heterocycles. The molecule has 8 heteroatoms. The van der Waals surface area contributed by atoms with Gasteiger partial charge in [0.15, 0.2) is 15.8 Å². The molecule has 1 aliphatic rings. The van der Waals surface area contributed by atoms with Crippen LogP contribution in [0.1, 0.15) is 18.4 Å². The van der Waals surface area contributed by atoms with Crippen LogP contribution in [0.3, 0.4) is 0 Å². The summed E-state index contributed by atoms with van der Waals surface area (Å²) >= 11 is 0. The lowest BCUT2D eigenvalue weighted by Gasteiger charge is -2.29. The Morgan fingerprint density at radius 2 is 1.81 bits per heavy atom. The minimum Gasteiger partial charge on any atom is -0.356 e. The molecular formula is C18H31IN4O2S. The highest BCUT2D eigenvalue weighted by molar-refractivity contribution is 14.0. The van der Waals surface area contributed by atoms with E-state index in [1.54, 1.807) is 19.2 Å². The largest absolute Gasteiger partial charge is 0.356 e. The number of nitrogens with one attached hydrogen (secondary N) is 2. The van der Waals surface area contributed by atoms with Crippen molar-refractivity contribution in [3.8, 4) is 0 Å². The van der Waals surface area contributed by atoms with Gasteiger partial charge in [0.1, 0.15) is 0 Å². The van der Waals surface area contributed by atoms with Gasteiger partial charge in [-0.05, 0) is 63.0 Å². The fourth-order valence-electron chi connectivity index (χ4n) is 2.96. The van der Waals surface area contributed by atoms with Crippen molar-refractivity contribution in [1.82, 2.24) is 15.5 Å². The van der Waals surface area contributed by atoms with Gasteiger partial charge in [0.2, 0.25) is 0 Å². The number of hydrogen-bond donors (Lipinski definition) is 2. The average molecular weight is 494 g/mol. The van der Waals surface area contributed by atoms with Gasteiger partial charge < -0.3 is 15.5 Å². The molecule has 0 aliphatic carbocycles. The van der Waals surface area contributed by atoms with Crippen molar-refractivity contribution in [2.75, 3.05) is 46.5 Å². The minimum absolute atomic E-state index is 0. The first-order chi connectivity index (χ1) is 11.9. The molecule has 148 valence electrons. The van der Waals surface area contributed by atoms with Gasteiger partial charge in [0.25, 0.3) is 0 Å². The van der Waals surface area contributed by atoms with Crippen molar-refractivity contribution < 1.29 is 8.42 Å². The Balaban J connectivity index is 0.00000338. The molecule has 2 rings (SSSR count). The highest BCUT2D eigenvalue weighted by atomic mass is 127. The predicted molar refractivity (Wildman–Crippen MR) is 118 cm³/mol. The van der Waals surface area contributed by atoms with Crippen LogP contribution in [0.5, 0.6) is 0 Å². The first kappa shape index (κ1) is 23.2. The third-order valence-corrected chi connectivity index (χ3v) is 5.81. The van der Waals surface area contributed by atoms with E-state index in [-0.39, 0.29) is 24.0 Å². The number of nitrogens with zero attached hydrogens (tertiary/aromatic N) is 2. The lowest BCUT2D eigenvalue weighted by atomic mass is 9.97. The number of guanidine groups is 1. The summed E-state index contributed by atoms with van der Waals surface area (Å²) in [6, 6.07) is 7.06. The van der Waals surface area contributed by atoms with Crippen molar-refractivity contribution in [3.63, 3.8) is 0 Å². The molecule has 1 heterocycles. The molecule has 0 saturated carbocycles. The molecule has 1 fully saturated rings. The van der Waals surface area contributed by atoms with Crippen LogP contribution in [0.2, 0.25) is 0 Å². The van der Waals surface area contributed by atoms with Crippen LogP contribution in [0, 0.1) is 5.92 Å². The lowest BCUT2D eigenvalue weighted by Crippen LogP contribution is -2.42. The van der Waals surface area contributed by atoms with Gasteiger partial charge in [-0.1, -0.05) is 12.1 Å². The van der Waals surface area contributed by atoms with E-state index in [0.29, 0.717) is 10.8 Å². The topological polar surface area (TPSA) is 73.8 Å². The number of rotatable bonds is 6. The van der Waals surface area contributed by atoms with E-state index in [1.807, 2.05) is 12.1 Å². The molecule has 0 amide bonds. The van der Waals surface area contributed by atoms with Crippen LogP contribution < -0.4 is 10.6 Å². The van der Waals surface area contributed by atoms with Crippen molar-refractivity contribution in [1.29, 1.82) is 0 Å².